The van der Waals surface area contributed by atoms with Crippen molar-refractivity contribution in [1.29, 1.82) is 0 Å². The van der Waals surface area contributed by atoms with Crippen LogP contribution >= 0.6 is 0 Å². The molecule has 138 valence electrons. The third-order valence-electron chi connectivity index (χ3n) is 5.35. The highest BCUT2D eigenvalue weighted by molar-refractivity contribution is 5.86. The standard InChI is InChI=1S/C22H29N3O/c1-22(23,20-10-6-3-7-11-20)21(26)24-16-18-12-14-25(15-13-18)17-19-8-4-2-5-9-19/h2-11,18H,12-17,23H2,1H3,(H,24,26). The molecule has 0 spiro atoms. The first-order valence-electron chi connectivity index (χ1n) is 9.44. The van der Waals surface area contributed by atoms with Crippen LogP contribution in [0.1, 0.15) is 30.9 Å². The van der Waals surface area contributed by atoms with Gasteiger partial charge in [0, 0.05) is 13.1 Å². The Morgan fingerprint density at radius 3 is 2.27 bits per heavy atom. The summed E-state index contributed by atoms with van der Waals surface area (Å²) < 4.78 is 0. The molecule has 26 heavy (non-hydrogen) atoms. The molecule has 1 unspecified atom stereocenters. The molecule has 0 aromatic heterocycles. The van der Waals surface area contributed by atoms with Gasteiger partial charge in [0.1, 0.15) is 5.54 Å². The summed E-state index contributed by atoms with van der Waals surface area (Å²) >= 11 is 0. The summed E-state index contributed by atoms with van der Waals surface area (Å²) in [6, 6.07) is 20.2. The SMILES string of the molecule is CC(N)(C(=O)NCC1CCN(Cc2ccccc2)CC1)c1ccccc1. The zero-order valence-electron chi connectivity index (χ0n) is 15.5. The van der Waals surface area contributed by atoms with E-state index < -0.39 is 5.54 Å². The van der Waals surface area contributed by atoms with Gasteiger partial charge >= 0.3 is 0 Å². The van der Waals surface area contributed by atoms with E-state index >= 15 is 0 Å². The highest BCUT2D eigenvalue weighted by Crippen LogP contribution is 2.20. The number of nitrogens with zero attached hydrogens (tertiary/aromatic N) is 1. The molecule has 1 fully saturated rings. The predicted molar refractivity (Wildman–Crippen MR) is 105 cm³/mol. The molecule has 1 atom stereocenters. The maximum absolute atomic E-state index is 12.6. The fourth-order valence-electron chi connectivity index (χ4n) is 3.53. The van der Waals surface area contributed by atoms with Gasteiger partial charge in [-0.2, -0.15) is 0 Å². The van der Waals surface area contributed by atoms with E-state index in [-0.39, 0.29) is 5.91 Å². The minimum Gasteiger partial charge on any atom is -0.354 e. The molecular weight excluding hydrogens is 322 g/mol. The Bertz CT molecular complexity index is 692. The first-order valence-corrected chi connectivity index (χ1v) is 9.44. The Morgan fingerprint density at radius 2 is 1.65 bits per heavy atom. The Labute approximate surface area is 156 Å². The molecule has 0 saturated carbocycles. The number of nitrogens with two attached hydrogens (primary N) is 1. The lowest BCUT2D eigenvalue weighted by molar-refractivity contribution is -0.126. The van der Waals surface area contributed by atoms with Crippen molar-refractivity contribution in [3.63, 3.8) is 0 Å². The molecule has 0 bridgehead atoms. The van der Waals surface area contributed by atoms with Gasteiger partial charge in [0.25, 0.3) is 0 Å². The van der Waals surface area contributed by atoms with Crippen LogP contribution in [-0.2, 0) is 16.9 Å². The highest BCUT2D eigenvalue weighted by Gasteiger charge is 2.31. The van der Waals surface area contributed by atoms with Crippen molar-refractivity contribution < 1.29 is 4.79 Å². The number of hydrogen-bond donors (Lipinski definition) is 2. The third-order valence-corrected chi connectivity index (χ3v) is 5.35. The van der Waals surface area contributed by atoms with Crippen molar-refractivity contribution in [2.45, 2.75) is 31.8 Å². The van der Waals surface area contributed by atoms with Gasteiger partial charge in [0.15, 0.2) is 0 Å². The summed E-state index contributed by atoms with van der Waals surface area (Å²) in [5, 5.41) is 3.07. The van der Waals surface area contributed by atoms with E-state index in [1.807, 2.05) is 30.3 Å². The van der Waals surface area contributed by atoms with Crippen LogP contribution in [0, 0.1) is 5.92 Å². The Kier molecular flexibility index (Phi) is 6.07. The van der Waals surface area contributed by atoms with E-state index in [1.165, 1.54) is 5.56 Å². The molecule has 1 amide bonds. The van der Waals surface area contributed by atoms with Gasteiger partial charge in [0.05, 0.1) is 0 Å². The fraction of sp³-hybridized carbons (Fsp3) is 0.409. The lowest BCUT2D eigenvalue weighted by atomic mass is 9.91. The molecule has 3 N–H and O–H groups in total. The maximum atomic E-state index is 12.6. The first-order chi connectivity index (χ1) is 12.6. The molecule has 4 nitrogen and oxygen atoms in total. The van der Waals surface area contributed by atoms with E-state index in [0.717, 1.165) is 38.0 Å². The molecule has 1 aliphatic rings. The van der Waals surface area contributed by atoms with Crippen molar-refractivity contribution >= 4 is 5.91 Å². The number of benzene rings is 2. The summed E-state index contributed by atoms with van der Waals surface area (Å²) in [4.78, 5) is 15.1. The van der Waals surface area contributed by atoms with Crippen LogP contribution < -0.4 is 11.1 Å². The first kappa shape index (κ1) is 18.6. The Morgan fingerprint density at radius 1 is 1.08 bits per heavy atom. The van der Waals surface area contributed by atoms with Crippen LogP contribution in [0.4, 0.5) is 0 Å². The van der Waals surface area contributed by atoms with Gasteiger partial charge in [-0.15, -0.1) is 0 Å². The molecule has 3 rings (SSSR count). The van der Waals surface area contributed by atoms with Crippen molar-refractivity contribution in [1.82, 2.24) is 10.2 Å². The number of piperidine rings is 1. The van der Waals surface area contributed by atoms with Crippen molar-refractivity contribution in [2.24, 2.45) is 11.7 Å². The van der Waals surface area contributed by atoms with Crippen LogP contribution in [-0.4, -0.2) is 30.4 Å². The number of likely N-dealkylation sites (tertiary alicyclic amines) is 1. The van der Waals surface area contributed by atoms with Crippen molar-refractivity contribution in [3.05, 3.63) is 71.8 Å². The molecule has 1 aliphatic heterocycles. The van der Waals surface area contributed by atoms with Crippen molar-refractivity contribution in [2.75, 3.05) is 19.6 Å². The number of carbonyl (C=O) groups is 1. The maximum Gasteiger partial charge on any atom is 0.244 e. The molecule has 0 aliphatic carbocycles. The van der Waals surface area contributed by atoms with Gasteiger partial charge in [-0.25, -0.2) is 0 Å². The Balaban J connectivity index is 1.44. The zero-order valence-corrected chi connectivity index (χ0v) is 15.5. The highest BCUT2D eigenvalue weighted by atomic mass is 16.2. The van der Waals surface area contributed by atoms with Gasteiger partial charge in [-0.1, -0.05) is 60.7 Å². The lowest BCUT2D eigenvalue weighted by Gasteiger charge is -2.33. The van der Waals surface area contributed by atoms with E-state index in [9.17, 15) is 4.79 Å². The van der Waals surface area contributed by atoms with Crippen LogP contribution in [0.15, 0.2) is 60.7 Å². The minimum absolute atomic E-state index is 0.101. The number of hydrogen-bond acceptors (Lipinski definition) is 3. The molecule has 2 aromatic rings. The summed E-state index contributed by atoms with van der Waals surface area (Å²) in [5.74, 6) is 0.424. The van der Waals surface area contributed by atoms with E-state index in [1.54, 1.807) is 6.92 Å². The quantitative estimate of drug-likeness (QED) is 0.841. The van der Waals surface area contributed by atoms with E-state index in [0.29, 0.717) is 12.5 Å². The van der Waals surface area contributed by atoms with E-state index in [2.05, 4.69) is 40.5 Å². The lowest BCUT2D eigenvalue weighted by Crippen LogP contribution is -2.50. The number of amides is 1. The second-order valence-corrected chi connectivity index (χ2v) is 7.48. The molecule has 1 saturated heterocycles. The normalized spacial score (nSPS) is 18.2. The number of carbonyl (C=O) groups excluding carboxylic acids is 1. The van der Waals surface area contributed by atoms with Crippen LogP contribution in [0.25, 0.3) is 0 Å². The molecule has 0 radical (unpaired) electrons. The topological polar surface area (TPSA) is 58.4 Å². The summed E-state index contributed by atoms with van der Waals surface area (Å²) in [7, 11) is 0. The smallest absolute Gasteiger partial charge is 0.244 e. The Hall–Kier alpha value is -2.17. The van der Waals surface area contributed by atoms with Gasteiger partial charge in [0.2, 0.25) is 5.91 Å². The fourth-order valence-corrected chi connectivity index (χ4v) is 3.53. The second-order valence-electron chi connectivity index (χ2n) is 7.48. The average Bonchev–Trinajstić information content (AvgIpc) is 2.68. The minimum atomic E-state index is -0.991. The van der Waals surface area contributed by atoms with Gasteiger partial charge < -0.3 is 11.1 Å². The average molecular weight is 351 g/mol. The molecule has 2 aromatic carbocycles. The summed E-state index contributed by atoms with van der Waals surface area (Å²) in [5.41, 5.74) is 7.50. The van der Waals surface area contributed by atoms with Gasteiger partial charge in [-0.05, 0) is 49.9 Å². The number of nitrogens with one attached hydrogen (secondary N) is 1. The van der Waals surface area contributed by atoms with E-state index in [4.69, 9.17) is 5.73 Å². The van der Waals surface area contributed by atoms with Gasteiger partial charge in [-0.3, -0.25) is 9.69 Å². The third kappa shape index (κ3) is 4.71. The number of rotatable bonds is 6. The summed E-state index contributed by atoms with van der Waals surface area (Å²) in [6.45, 7) is 5.65. The summed E-state index contributed by atoms with van der Waals surface area (Å²) in [6.07, 6.45) is 2.22. The van der Waals surface area contributed by atoms with Crippen LogP contribution in [0.2, 0.25) is 0 Å². The monoisotopic (exact) mass is 351 g/mol. The predicted octanol–water partition coefficient (Wildman–Crippen LogP) is 2.89. The van der Waals surface area contributed by atoms with Crippen molar-refractivity contribution in [3.8, 4) is 0 Å². The van der Waals surface area contributed by atoms with Crippen LogP contribution in [0.3, 0.4) is 0 Å². The molecule has 4 heteroatoms. The largest absolute Gasteiger partial charge is 0.354 e. The molecular formula is C22H29N3O. The second kappa shape index (κ2) is 8.47. The van der Waals surface area contributed by atoms with Crippen LogP contribution in [0.5, 0.6) is 0 Å². The zero-order chi connectivity index (χ0) is 18.4. The molecule has 1 heterocycles.